The Morgan fingerprint density at radius 2 is 2.24 bits per heavy atom. The fourth-order valence-electron chi connectivity index (χ4n) is 1.78. The van der Waals surface area contributed by atoms with Gasteiger partial charge in [-0.15, -0.1) is 0 Å². The van der Waals surface area contributed by atoms with Gasteiger partial charge in [-0.1, -0.05) is 15.9 Å². The van der Waals surface area contributed by atoms with Crippen LogP contribution in [0.4, 0.5) is 4.39 Å². The molecule has 90 valence electrons. The third kappa shape index (κ3) is 2.40. The summed E-state index contributed by atoms with van der Waals surface area (Å²) < 4.78 is 15.8. The summed E-state index contributed by atoms with van der Waals surface area (Å²) >= 11 is 3.39. The van der Waals surface area contributed by atoms with E-state index in [0.717, 1.165) is 22.3 Å². The molecule has 2 rings (SSSR count). The molecule has 1 aromatic heterocycles. The van der Waals surface area contributed by atoms with Gasteiger partial charge in [0, 0.05) is 17.2 Å². The van der Waals surface area contributed by atoms with Crippen LogP contribution in [0.25, 0.3) is 0 Å². The summed E-state index contributed by atoms with van der Waals surface area (Å²) in [4.78, 5) is 0. The number of nitrogens with two attached hydrogens (primary N) is 1. The molecule has 0 bridgehead atoms. The Hall–Kier alpha value is -1.20. The lowest BCUT2D eigenvalue weighted by Crippen LogP contribution is -2.17. The summed E-state index contributed by atoms with van der Waals surface area (Å²) in [5.41, 5.74) is 7.75. The molecule has 1 unspecified atom stereocenters. The zero-order valence-electron chi connectivity index (χ0n) is 9.40. The molecule has 0 aliphatic rings. The zero-order chi connectivity index (χ0) is 12.4. The van der Waals surface area contributed by atoms with Gasteiger partial charge in [-0.25, -0.2) is 4.39 Å². The minimum atomic E-state index is -0.387. The van der Waals surface area contributed by atoms with Crippen molar-refractivity contribution in [1.29, 1.82) is 0 Å². The summed E-state index contributed by atoms with van der Waals surface area (Å²) in [5.74, 6) is -0.291. The molecule has 3 nitrogen and oxygen atoms in total. The normalized spacial score (nSPS) is 12.7. The number of aromatic nitrogens is 2. The van der Waals surface area contributed by atoms with Crippen LogP contribution in [0.5, 0.6) is 0 Å². The van der Waals surface area contributed by atoms with E-state index in [0.29, 0.717) is 0 Å². The lowest BCUT2D eigenvalue weighted by atomic mass is 10.0. The molecule has 0 spiro atoms. The van der Waals surface area contributed by atoms with E-state index < -0.39 is 0 Å². The Labute approximate surface area is 108 Å². The van der Waals surface area contributed by atoms with Crippen molar-refractivity contribution in [3.8, 4) is 0 Å². The monoisotopic (exact) mass is 297 g/mol. The van der Waals surface area contributed by atoms with Crippen LogP contribution < -0.4 is 5.73 Å². The average molecular weight is 298 g/mol. The largest absolute Gasteiger partial charge is 0.319 e. The smallest absolute Gasteiger partial charge is 0.123 e. The number of aryl methyl sites for hydroxylation is 1. The molecule has 17 heavy (non-hydrogen) atoms. The second kappa shape index (κ2) is 4.98. The van der Waals surface area contributed by atoms with Gasteiger partial charge >= 0.3 is 0 Å². The van der Waals surface area contributed by atoms with E-state index >= 15 is 0 Å². The molecule has 0 aliphatic heterocycles. The molecule has 0 saturated carbocycles. The number of hydrogen-bond donors (Lipinski definition) is 1. The molecular formula is C12H13BrFN3. The third-order valence-corrected chi connectivity index (χ3v) is 3.38. The summed E-state index contributed by atoms with van der Waals surface area (Å²) in [6.07, 6.45) is 1.70. The van der Waals surface area contributed by atoms with Crippen LogP contribution in [0, 0.1) is 5.82 Å². The fraction of sp³-hybridized carbons (Fsp3) is 0.250. The topological polar surface area (TPSA) is 43.8 Å². The van der Waals surface area contributed by atoms with E-state index in [1.165, 1.54) is 12.1 Å². The number of halogens is 2. The Morgan fingerprint density at radius 1 is 1.47 bits per heavy atom. The lowest BCUT2D eigenvalue weighted by molar-refractivity contribution is 0.593. The van der Waals surface area contributed by atoms with Crippen molar-refractivity contribution in [3.63, 3.8) is 0 Å². The van der Waals surface area contributed by atoms with Gasteiger partial charge < -0.3 is 5.73 Å². The van der Waals surface area contributed by atoms with E-state index in [-0.39, 0.29) is 11.9 Å². The van der Waals surface area contributed by atoms with Crippen molar-refractivity contribution in [2.75, 3.05) is 0 Å². The van der Waals surface area contributed by atoms with Gasteiger partial charge in [0.2, 0.25) is 0 Å². The Morgan fingerprint density at radius 3 is 2.94 bits per heavy atom. The van der Waals surface area contributed by atoms with E-state index in [1.54, 1.807) is 12.3 Å². The van der Waals surface area contributed by atoms with Gasteiger partial charge in [0.1, 0.15) is 5.82 Å². The van der Waals surface area contributed by atoms with Gasteiger partial charge in [0.05, 0.1) is 11.7 Å². The molecule has 0 aliphatic carbocycles. The maximum atomic E-state index is 13.2. The molecule has 5 heteroatoms. The molecule has 0 saturated heterocycles. The summed E-state index contributed by atoms with van der Waals surface area (Å²) in [6, 6.07) is 5.98. The lowest BCUT2D eigenvalue weighted by Gasteiger charge is -2.15. The van der Waals surface area contributed by atoms with Crippen LogP contribution in [0.1, 0.15) is 24.2 Å². The minimum absolute atomic E-state index is 0.291. The standard InChI is InChI=1S/C12H13BrFN3/c1-2-17-11(5-6-16-17)12(15)9-7-8(14)3-4-10(9)13/h3-7,12H,2,15H2,1H3. The molecule has 1 heterocycles. The Bertz CT molecular complexity index is 524. The molecule has 0 amide bonds. The highest BCUT2D eigenvalue weighted by Gasteiger charge is 2.16. The van der Waals surface area contributed by atoms with Crippen LogP contribution in [0.3, 0.4) is 0 Å². The van der Waals surface area contributed by atoms with Crippen molar-refractivity contribution in [2.45, 2.75) is 19.5 Å². The highest BCUT2D eigenvalue weighted by atomic mass is 79.9. The predicted molar refractivity (Wildman–Crippen MR) is 68.0 cm³/mol. The van der Waals surface area contributed by atoms with Crippen molar-refractivity contribution in [2.24, 2.45) is 5.73 Å². The van der Waals surface area contributed by atoms with Crippen molar-refractivity contribution in [1.82, 2.24) is 9.78 Å². The highest BCUT2D eigenvalue weighted by molar-refractivity contribution is 9.10. The molecular weight excluding hydrogens is 285 g/mol. The first kappa shape index (κ1) is 12.3. The van der Waals surface area contributed by atoms with E-state index in [9.17, 15) is 4.39 Å². The van der Waals surface area contributed by atoms with Gasteiger partial charge in [-0.3, -0.25) is 4.68 Å². The summed E-state index contributed by atoms with van der Waals surface area (Å²) in [7, 11) is 0. The molecule has 2 aromatic rings. The number of benzene rings is 1. The molecule has 1 atom stereocenters. The van der Waals surface area contributed by atoms with Gasteiger partial charge in [-0.05, 0) is 36.8 Å². The van der Waals surface area contributed by atoms with Gasteiger partial charge in [0.25, 0.3) is 0 Å². The first-order valence-corrected chi connectivity index (χ1v) is 6.15. The molecule has 2 N–H and O–H groups in total. The van der Waals surface area contributed by atoms with Crippen LogP contribution in [0.2, 0.25) is 0 Å². The summed E-state index contributed by atoms with van der Waals surface area (Å²) in [5, 5.41) is 4.16. The van der Waals surface area contributed by atoms with Crippen LogP contribution in [-0.4, -0.2) is 9.78 Å². The Kier molecular flexibility index (Phi) is 3.59. The number of nitrogens with zero attached hydrogens (tertiary/aromatic N) is 2. The second-order valence-electron chi connectivity index (χ2n) is 3.72. The maximum Gasteiger partial charge on any atom is 0.123 e. The molecule has 0 fully saturated rings. The second-order valence-corrected chi connectivity index (χ2v) is 4.57. The Balaban J connectivity index is 2.43. The maximum absolute atomic E-state index is 13.2. The zero-order valence-corrected chi connectivity index (χ0v) is 11.0. The van der Waals surface area contributed by atoms with Crippen LogP contribution in [0.15, 0.2) is 34.9 Å². The van der Waals surface area contributed by atoms with Crippen LogP contribution in [-0.2, 0) is 6.54 Å². The van der Waals surface area contributed by atoms with Gasteiger partial charge in [0.15, 0.2) is 0 Å². The highest BCUT2D eigenvalue weighted by Crippen LogP contribution is 2.27. The average Bonchev–Trinajstić information content (AvgIpc) is 2.79. The van der Waals surface area contributed by atoms with Gasteiger partial charge in [-0.2, -0.15) is 5.10 Å². The fourth-order valence-corrected chi connectivity index (χ4v) is 2.28. The number of hydrogen-bond acceptors (Lipinski definition) is 2. The van der Waals surface area contributed by atoms with E-state index in [2.05, 4.69) is 21.0 Å². The van der Waals surface area contributed by atoms with Crippen LogP contribution >= 0.6 is 15.9 Å². The van der Waals surface area contributed by atoms with E-state index in [4.69, 9.17) is 5.73 Å². The first-order chi connectivity index (χ1) is 8.13. The van der Waals surface area contributed by atoms with Crippen molar-refractivity contribution in [3.05, 3.63) is 52.0 Å². The quantitative estimate of drug-likeness (QED) is 0.947. The number of rotatable bonds is 3. The molecule has 0 radical (unpaired) electrons. The molecule has 1 aromatic carbocycles. The van der Waals surface area contributed by atoms with Crippen molar-refractivity contribution < 1.29 is 4.39 Å². The SMILES string of the molecule is CCn1nccc1C(N)c1cc(F)ccc1Br. The minimum Gasteiger partial charge on any atom is -0.319 e. The first-order valence-electron chi connectivity index (χ1n) is 5.35. The third-order valence-electron chi connectivity index (χ3n) is 2.66. The van der Waals surface area contributed by atoms with Crippen molar-refractivity contribution >= 4 is 15.9 Å². The summed E-state index contributed by atoms with van der Waals surface area (Å²) in [6.45, 7) is 2.73. The predicted octanol–water partition coefficient (Wildman–Crippen LogP) is 2.85. The van der Waals surface area contributed by atoms with E-state index in [1.807, 2.05) is 17.7 Å².